The van der Waals surface area contributed by atoms with Gasteiger partial charge in [0.1, 0.15) is 5.82 Å². The minimum Gasteiger partial charge on any atom is -0.377 e. The number of hydrogen-bond donors (Lipinski definition) is 1. The summed E-state index contributed by atoms with van der Waals surface area (Å²) in [6.07, 6.45) is 0. The van der Waals surface area contributed by atoms with Crippen LogP contribution in [0.15, 0.2) is 34.8 Å². The average molecular weight is 345 g/mol. The first-order chi connectivity index (χ1) is 10.1. The summed E-state index contributed by atoms with van der Waals surface area (Å²) in [5.74, 6) is 1.85. The molecule has 0 atom stereocenters. The lowest BCUT2D eigenvalue weighted by Crippen LogP contribution is -2.08. The second-order valence-corrected chi connectivity index (χ2v) is 6.03. The molecule has 4 nitrogen and oxygen atoms in total. The Labute approximate surface area is 132 Å². The van der Waals surface area contributed by atoms with Gasteiger partial charge in [0.2, 0.25) is 0 Å². The summed E-state index contributed by atoms with van der Waals surface area (Å²) in [6, 6.07) is 10.5. The minimum absolute atomic E-state index is 0.657. The van der Waals surface area contributed by atoms with Crippen molar-refractivity contribution < 1.29 is 0 Å². The highest BCUT2D eigenvalue weighted by Gasteiger charge is 2.10. The van der Waals surface area contributed by atoms with Crippen LogP contribution in [0, 0.1) is 13.8 Å². The number of halogens is 1. The van der Waals surface area contributed by atoms with Gasteiger partial charge in [-0.05, 0) is 30.9 Å². The maximum absolute atomic E-state index is 4.20. The smallest absolute Gasteiger partial charge is 0.152 e. The zero-order chi connectivity index (χ0) is 15.0. The minimum atomic E-state index is 0.657. The number of hydrogen-bond acceptors (Lipinski definition) is 3. The molecule has 5 heteroatoms. The number of anilines is 1. The molecule has 21 heavy (non-hydrogen) atoms. The largest absolute Gasteiger partial charge is 0.377 e. The van der Waals surface area contributed by atoms with Crippen LogP contribution in [0.3, 0.4) is 0 Å². The molecule has 0 spiro atoms. The van der Waals surface area contributed by atoms with Crippen LogP contribution in [0.1, 0.15) is 17.2 Å². The normalized spacial score (nSPS) is 11.0. The molecule has 0 bridgehead atoms. The van der Waals surface area contributed by atoms with Crippen molar-refractivity contribution in [2.45, 2.75) is 20.4 Å². The Hall–Kier alpha value is -1.88. The van der Waals surface area contributed by atoms with E-state index in [-0.39, 0.29) is 0 Å². The lowest BCUT2D eigenvalue weighted by Gasteiger charge is -2.14. The lowest BCUT2D eigenvalue weighted by molar-refractivity contribution is 0.789. The number of rotatable bonds is 3. The van der Waals surface area contributed by atoms with Crippen molar-refractivity contribution in [2.24, 2.45) is 7.05 Å². The van der Waals surface area contributed by atoms with Gasteiger partial charge in [0.15, 0.2) is 5.82 Å². The van der Waals surface area contributed by atoms with Crippen molar-refractivity contribution >= 4 is 32.4 Å². The monoisotopic (exact) mass is 344 g/mol. The molecule has 0 aliphatic heterocycles. The maximum atomic E-state index is 4.20. The topological polar surface area (TPSA) is 42.7 Å². The fourth-order valence-electron chi connectivity index (χ4n) is 2.47. The Morgan fingerprint density at radius 1 is 1.14 bits per heavy atom. The average Bonchev–Trinajstić information content (AvgIpc) is 2.79. The van der Waals surface area contributed by atoms with E-state index in [0.717, 1.165) is 21.8 Å². The second-order valence-electron chi connectivity index (χ2n) is 5.17. The first-order valence-corrected chi connectivity index (χ1v) is 7.64. The SMILES string of the molecule is Cc1cc(Br)c2ccccc2c1NCc1nnc(C)n1C. The molecule has 0 amide bonds. The molecule has 0 aliphatic carbocycles. The predicted octanol–water partition coefficient (Wildman–Crippen LogP) is 3.96. The third-order valence-corrected chi connectivity index (χ3v) is 4.45. The first kappa shape index (κ1) is 14.1. The highest BCUT2D eigenvalue weighted by Crippen LogP contribution is 2.33. The zero-order valence-electron chi connectivity index (χ0n) is 12.3. The molecular formula is C16H17BrN4. The van der Waals surface area contributed by atoms with E-state index in [4.69, 9.17) is 0 Å². The molecule has 0 saturated heterocycles. The predicted molar refractivity (Wildman–Crippen MR) is 89.5 cm³/mol. The second kappa shape index (κ2) is 5.48. The molecule has 1 aromatic heterocycles. The van der Waals surface area contributed by atoms with Gasteiger partial charge in [-0.25, -0.2) is 0 Å². The summed E-state index contributed by atoms with van der Waals surface area (Å²) < 4.78 is 3.12. The summed E-state index contributed by atoms with van der Waals surface area (Å²) >= 11 is 3.64. The van der Waals surface area contributed by atoms with E-state index < -0.39 is 0 Å². The van der Waals surface area contributed by atoms with E-state index in [1.807, 2.05) is 18.5 Å². The van der Waals surface area contributed by atoms with Gasteiger partial charge in [-0.15, -0.1) is 10.2 Å². The molecule has 0 radical (unpaired) electrons. The van der Waals surface area contributed by atoms with Crippen LogP contribution in [0.2, 0.25) is 0 Å². The summed E-state index contributed by atoms with van der Waals surface area (Å²) in [6.45, 7) is 4.72. The van der Waals surface area contributed by atoms with E-state index in [0.29, 0.717) is 6.54 Å². The maximum Gasteiger partial charge on any atom is 0.152 e. The Bertz CT molecular complexity index is 807. The van der Waals surface area contributed by atoms with Crippen LogP contribution in [-0.4, -0.2) is 14.8 Å². The van der Waals surface area contributed by atoms with Crippen molar-refractivity contribution in [1.82, 2.24) is 14.8 Å². The van der Waals surface area contributed by atoms with Gasteiger partial charge in [-0.3, -0.25) is 0 Å². The lowest BCUT2D eigenvalue weighted by atomic mass is 10.0. The van der Waals surface area contributed by atoms with E-state index >= 15 is 0 Å². The molecule has 0 unspecified atom stereocenters. The van der Waals surface area contributed by atoms with Gasteiger partial charge in [0.05, 0.1) is 6.54 Å². The molecule has 108 valence electrons. The van der Waals surface area contributed by atoms with E-state index in [1.165, 1.54) is 16.3 Å². The zero-order valence-corrected chi connectivity index (χ0v) is 13.9. The van der Waals surface area contributed by atoms with Crippen molar-refractivity contribution in [2.75, 3.05) is 5.32 Å². The van der Waals surface area contributed by atoms with Crippen LogP contribution in [0.4, 0.5) is 5.69 Å². The fourth-order valence-corrected chi connectivity index (χ4v) is 3.16. The van der Waals surface area contributed by atoms with Crippen molar-refractivity contribution in [1.29, 1.82) is 0 Å². The number of benzene rings is 2. The van der Waals surface area contributed by atoms with E-state index in [1.54, 1.807) is 0 Å². The summed E-state index contributed by atoms with van der Waals surface area (Å²) in [7, 11) is 1.99. The standard InChI is InChI=1S/C16H17BrN4/c1-10-8-14(17)12-6-4-5-7-13(12)16(10)18-9-15-20-19-11(2)21(15)3/h4-8,18H,9H2,1-3H3. The molecule has 0 saturated carbocycles. The highest BCUT2D eigenvalue weighted by molar-refractivity contribution is 9.10. The number of aryl methyl sites for hydroxylation is 2. The molecule has 1 heterocycles. The summed E-state index contributed by atoms with van der Waals surface area (Å²) in [5.41, 5.74) is 2.36. The Kier molecular flexibility index (Phi) is 3.68. The third-order valence-electron chi connectivity index (χ3n) is 3.80. The number of nitrogens with one attached hydrogen (secondary N) is 1. The van der Waals surface area contributed by atoms with Crippen LogP contribution in [-0.2, 0) is 13.6 Å². The number of fused-ring (bicyclic) bond motifs is 1. The van der Waals surface area contributed by atoms with Crippen LogP contribution < -0.4 is 5.32 Å². The van der Waals surface area contributed by atoms with Gasteiger partial charge in [-0.2, -0.15) is 0 Å². The quantitative estimate of drug-likeness (QED) is 0.781. The molecule has 0 aliphatic rings. The molecule has 2 aromatic carbocycles. The third kappa shape index (κ3) is 2.53. The van der Waals surface area contributed by atoms with Gasteiger partial charge in [-0.1, -0.05) is 40.2 Å². The number of nitrogens with zero attached hydrogens (tertiary/aromatic N) is 3. The van der Waals surface area contributed by atoms with Gasteiger partial charge in [0.25, 0.3) is 0 Å². The molecule has 1 N–H and O–H groups in total. The van der Waals surface area contributed by atoms with Gasteiger partial charge in [0, 0.05) is 22.6 Å². The summed E-state index contributed by atoms with van der Waals surface area (Å²) in [5, 5.41) is 14.2. The van der Waals surface area contributed by atoms with Crippen molar-refractivity contribution in [3.8, 4) is 0 Å². The van der Waals surface area contributed by atoms with Crippen LogP contribution in [0.5, 0.6) is 0 Å². The van der Waals surface area contributed by atoms with E-state index in [9.17, 15) is 0 Å². The van der Waals surface area contributed by atoms with Crippen molar-refractivity contribution in [3.63, 3.8) is 0 Å². The van der Waals surface area contributed by atoms with Crippen LogP contribution in [0.25, 0.3) is 10.8 Å². The summed E-state index contributed by atoms with van der Waals surface area (Å²) in [4.78, 5) is 0. The highest BCUT2D eigenvalue weighted by atomic mass is 79.9. The van der Waals surface area contributed by atoms with E-state index in [2.05, 4.69) is 68.7 Å². The van der Waals surface area contributed by atoms with Gasteiger partial charge >= 0.3 is 0 Å². The molecule has 3 rings (SSSR count). The Balaban J connectivity index is 1.99. The molecule has 0 fully saturated rings. The fraction of sp³-hybridized carbons (Fsp3) is 0.250. The molecular weight excluding hydrogens is 328 g/mol. The Morgan fingerprint density at radius 3 is 2.52 bits per heavy atom. The number of aromatic nitrogens is 3. The van der Waals surface area contributed by atoms with Crippen LogP contribution >= 0.6 is 15.9 Å². The Morgan fingerprint density at radius 2 is 1.86 bits per heavy atom. The first-order valence-electron chi connectivity index (χ1n) is 6.84. The molecule has 3 aromatic rings. The van der Waals surface area contributed by atoms with Crippen molar-refractivity contribution in [3.05, 3.63) is 52.0 Å². The van der Waals surface area contributed by atoms with Gasteiger partial charge < -0.3 is 9.88 Å².